The third-order valence-electron chi connectivity index (χ3n) is 3.09. The van der Waals surface area contributed by atoms with Gasteiger partial charge in [0.25, 0.3) is 0 Å². The van der Waals surface area contributed by atoms with Crippen LogP contribution in [0.4, 0.5) is 4.39 Å². The Balaban J connectivity index is 2.31. The summed E-state index contributed by atoms with van der Waals surface area (Å²) < 4.78 is 12.8. The van der Waals surface area contributed by atoms with Gasteiger partial charge in [-0.1, -0.05) is 12.1 Å². The van der Waals surface area contributed by atoms with Crippen molar-refractivity contribution in [2.75, 3.05) is 6.54 Å². The van der Waals surface area contributed by atoms with Gasteiger partial charge in [-0.15, -0.1) is 0 Å². The fraction of sp³-hybridized carbons (Fsp3) is 0.417. The van der Waals surface area contributed by atoms with Gasteiger partial charge >= 0.3 is 5.97 Å². The molecule has 1 fully saturated rings. The highest BCUT2D eigenvalue weighted by Gasteiger charge is 2.37. The second-order valence-corrected chi connectivity index (χ2v) is 4.19. The minimum atomic E-state index is -0.835. The summed E-state index contributed by atoms with van der Waals surface area (Å²) in [5.41, 5.74) is 0.341. The Bertz CT molecular complexity index is 383. The van der Waals surface area contributed by atoms with Crippen LogP contribution >= 0.6 is 0 Å². The number of hydrogen-bond acceptors (Lipinski definition) is 2. The van der Waals surface area contributed by atoms with E-state index in [0.717, 1.165) is 24.9 Å². The second kappa shape index (κ2) is 4.22. The van der Waals surface area contributed by atoms with Crippen molar-refractivity contribution in [2.24, 2.45) is 0 Å². The number of carboxylic acids is 1. The highest BCUT2D eigenvalue weighted by molar-refractivity contribution is 5.69. The van der Waals surface area contributed by atoms with Crippen LogP contribution in [0.25, 0.3) is 0 Å². The SMILES string of the molecule is O=C(O)CC1(c2ccc(F)cc2)CCCN1. The van der Waals surface area contributed by atoms with Crippen molar-refractivity contribution in [3.05, 3.63) is 35.6 Å². The van der Waals surface area contributed by atoms with Crippen LogP contribution in [0.15, 0.2) is 24.3 Å². The van der Waals surface area contributed by atoms with Crippen molar-refractivity contribution >= 4 is 5.97 Å². The summed E-state index contributed by atoms with van der Waals surface area (Å²) in [4.78, 5) is 10.9. The van der Waals surface area contributed by atoms with E-state index in [0.29, 0.717) is 0 Å². The Hall–Kier alpha value is -1.42. The summed E-state index contributed by atoms with van der Waals surface area (Å²) in [6.45, 7) is 0.810. The first kappa shape index (κ1) is 11.1. The van der Waals surface area contributed by atoms with E-state index in [1.54, 1.807) is 12.1 Å². The first-order valence-corrected chi connectivity index (χ1v) is 5.35. The van der Waals surface area contributed by atoms with Crippen LogP contribution in [0.1, 0.15) is 24.8 Å². The third-order valence-corrected chi connectivity index (χ3v) is 3.09. The van der Waals surface area contributed by atoms with Gasteiger partial charge in [-0.05, 0) is 37.1 Å². The monoisotopic (exact) mass is 223 g/mol. The number of rotatable bonds is 3. The molecule has 1 heterocycles. The molecular formula is C12H14FNO2. The standard InChI is InChI=1S/C12H14FNO2/c13-10-4-2-9(3-5-10)12(8-11(15)16)6-1-7-14-12/h2-5,14H,1,6-8H2,(H,15,16). The maximum absolute atomic E-state index is 12.8. The molecule has 0 bridgehead atoms. The van der Waals surface area contributed by atoms with E-state index in [9.17, 15) is 9.18 Å². The van der Waals surface area contributed by atoms with Gasteiger partial charge < -0.3 is 10.4 Å². The molecule has 86 valence electrons. The van der Waals surface area contributed by atoms with Crippen molar-refractivity contribution in [1.82, 2.24) is 5.32 Å². The largest absolute Gasteiger partial charge is 0.481 e. The molecule has 1 aliphatic heterocycles. The number of benzene rings is 1. The van der Waals surface area contributed by atoms with Crippen LogP contribution < -0.4 is 5.32 Å². The number of halogens is 1. The molecular weight excluding hydrogens is 209 g/mol. The van der Waals surface area contributed by atoms with Gasteiger partial charge in [0.05, 0.1) is 12.0 Å². The minimum Gasteiger partial charge on any atom is -0.481 e. The third kappa shape index (κ3) is 2.07. The molecule has 1 atom stereocenters. The van der Waals surface area contributed by atoms with Gasteiger partial charge in [0.15, 0.2) is 0 Å². The molecule has 0 radical (unpaired) electrons. The van der Waals surface area contributed by atoms with Gasteiger partial charge in [-0.3, -0.25) is 4.79 Å². The predicted molar refractivity (Wildman–Crippen MR) is 57.6 cm³/mol. The normalized spacial score (nSPS) is 24.6. The van der Waals surface area contributed by atoms with Crippen molar-refractivity contribution < 1.29 is 14.3 Å². The molecule has 1 unspecified atom stereocenters. The Morgan fingerprint density at radius 1 is 1.44 bits per heavy atom. The van der Waals surface area contributed by atoms with Crippen molar-refractivity contribution in [2.45, 2.75) is 24.8 Å². The molecule has 3 nitrogen and oxygen atoms in total. The Kier molecular flexibility index (Phi) is 2.92. The van der Waals surface area contributed by atoms with Gasteiger partial charge in [0, 0.05) is 0 Å². The smallest absolute Gasteiger partial charge is 0.305 e. The lowest BCUT2D eigenvalue weighted by Crippen LogP contribution is -2.38. The molecule has 1 aliphatic rings. The summed E-state index contributed by atoms with van der Waals surface area (Å²) in [6.07, 6.45) is 1.77. The quantitative estimate of drug-likeness (QED) is 0.822. The highest BCUT2D eigenvalue weighted by Crippen LogP contribution is 2.34. The molecule has 16 heavy (non-hydrogen) atoms. The first-order valence-electron chi connectivity index (χ1n) is 5.35. The lowest BCUT2D eigenvalue weighted by molar-refractivity contribution is -0.138. The molecule has 0 amide bonds. The molecule has 1 saturated heterocycles. The minimum absolute atomic E-state index is 0.0403. The van der Waals surface area contributed by atoms with Crippen molar-refractivity contribution in [1.29, 1.82) is 0 Å². The van der Waals surface area contributed by atoms with Crippen LogP contribution in [0, 0.1) is 5.82 Å². The van der Waals surface area contributed by atoms with E-state index in [4.69, 9.17) is 5.11 Å². The molecule has 0 aromatic heterocycles. The molecule has 2 N–H and O–H groups in total. The Morgan fingerprint density at radius 3 is 2.62 bits per heavy atom. The zero-order valence-electron chi connectivity index (χ0n) is 8.87. The maximum Gasteiger partial charge on any atom is 0.305 e. The zero-order valence-corrected chi connectivity index (χ0v) is 8.87. The summed E-state index contributed by atoms with van der Waals surface area (Å²) in [7, 11) is 0. The molecule has 1 aromatic carbocycles. The fourth-order valence-electron chi connectivity index (χ4n) is 2.33. The topological polar surface area (TPSA) is 49.3 Å². The number of hydrogen-bond donors (Lipinski definition) is 2. The van der Waals surface area contributed by atoms with Crippen molar-refractivity contribution in [3.63, 3.8) is 0 Å². The average Bonchev–Trinajstić information content (AvgIpc) is 2.67. The van der Waals surface area contributed by atoms with Crippen LogP contribution in [0.2, 0.25) is 0 Å². The molecule has 0 spiro atoms. The Morgan fingerprint density at radius 2 is 2.12 bits per heavy atom. The van der Waals surface area contributed by atoms with Crippen LogP contribution in [0.5, 0.6) is 0 Å². The van der Waals surface area contributed by atoms with Crippen LogP contribution in [-0.2, 0) is 10.3 Å². The van der Waals surface area contributed by atoms with E-state index in [1.807, 2.05) is 0 Å². The molecule has 0 aliphatic carbocycles. The number of carbonyl (C=O) groups is 1. The van der Waals surface area contributed by atoms with Crippen LogP contribution in [0.3, 0.4) is 0 Å². The number of carboxylic acid groups (broad SMARTS) is 1. The number of nitrogens with one attached hydrogen (secondary N) is 1. The Labute approximate surface area is 93.3 Å². The van der Waals surface area contributed by atoms with Crippen LogP contribution in [-0.4, -0.2) is 17.6 Å². The molecule has 4 heteroatoms. The maximum atomic E-state index is 12.8. The molecule has 1 aromatic rings. The first-order chi connectivity index (χ1) is 7.62. The molecule has 2 rings (SSSR count). The van der Waals surface area contributed by atoms with E-state index in [1.165, 1.54) is 12.1 Å². The van der Waals surface area contributed by atoms with E-state index < -0.39 is 11.5 Å². The van der Waals surface area contributed by atoms with E-state index in [2.05, 4.69) is 5.32 Å². The van der Waals surface area contributed by atoms with Gasteiger partial charge in [-0.2, -0.15) is 0 Å². The summed E-state index contributed by atoms with van der Waals surface area (Å²) in [6, 6.07) is 6.07. The number of aliphatic carboxylic acids is 1. The fourth-order valence-corrected chi connectivity index (χ4v) is 2.33. The average molecular weight is 223 g/mol. The lowest BCUT2D eigenvalue weighted by atomic mass is 9.85. The van der Waals surface area contributed by atoms with E-state index >= 15 is 0 Å². The van der Waals surface area contributed by atoms with Gasteiger partial charge in [-0.25, -0.2) is 4.39 Å². The summed E-state index contributed by atoms with van der Waals surface area (Å²) in [5, 5.41) is 12.2. The second-order valence-electron chi connectivity index (χ2n) is 4.19. The van der Waals surface area contributed by atoms with E-state index in [-0.39, 0.29) is 12.2 Å². The van der Waals surface area contributed by atoms with Crippen molar-refractivity contribution in [3.8, 4) is 0 Å². The zero-order chi connectivity index (χ0) is 11.6. The van der Waals surface area contributed by atoms with Gasteiger partial charge in [0.2, 0.25) is 0 Å². The van der Waals surface area contributed by atoms with Gasteiger partial charge in [0.1, 0.15) is 5.82 Å². The summed E-state index contributed by atoms with van der Waals surface area (Å²) >= 11 is 0. The highest BCUT2D eigenvalue weighted by atomic mass is 19.1. The predicted octanol–water partition coefficient (Wildman–Crippen LogP) is 1.88. The summed E-state index contributed by atoms with van der Waals surface area (Å²) in [5.74, 6) is -1.13. The lowest BCUT2D eigenvalue weighted by Gasteiger charge is -2.28. The molecule has 0 saturated carbocycles.